The van der Waals surface area contributed by atoms with E-state index in [4.69, 9.17) is 10.5 Å². The van der Waals surface area contributed by atoms with Gasteiger partial charge < -0.3 is 10.5 Å². The van der Waals surface area contributed by atoms with Crippen LogP contribution in [0.1, 0.15) is 23.5 Å². The zero-order chi connectivity index (χ0) is 13.1. The first-order valence-corrected chi connectivity index (χ1v) is 7.65. The molecule has 0 spiro atoms. The van der Waals surface area contributed by atoms with E-state index in [1.165, 1.54) is 11.3 Å². The topological polar surface area (TPSA) is 86.5 Å². The van der Waals surface area contributed by atoms with Gasteiger partial charge in [0.25, 0.3) is 0 Å². The number of sulfone groups is 1. The lowest BCUT2D eigenvalue weighted by Gasteiger charge is -2.08. The number of esters is 1. The molecule has 7 heteroatoms. The lowest BCUT2D eigenvalue weighted by atomic mass is 10.4. The summed E-state index contributed by atoms with van der Waals surface area (Å²) in [4.78, 5) is 11.8. The molecule has 0 fully saturated rings. The lowest BCUT2D eigenvalue weighted by Crippen LogP contribution is -2.22. The van der Waals surface area contributed by atoms with Crippen molar-refractivity contribution in [2.75, 3.05) is 18.1 Å². The largest absolute Gasteiger partial charge is 0.460 e. The molecular weight excluding hydrogens is 262 g/mol. The highest BCUT2D eigenvalue weighted by atomic mass is 32.2. The van der Waals surface area contributed by atoms with E-state index in [0.29, 0.717) is 10.6 Å². The third kappa shape index (κ3) is 3.71. The van der Waals surface area contributed by atoms with Crippen molar-refractivity contribution in [1.82, 2.24) is 0 Å². The van der Waals surface area contributed by atoms with Crippen molar-refractivity contribution >= 4 is 32.8 Å². The molecule has 1 rings (SSSR count). The fraction of sp³-hybridized carbons (Fsp3) is 0.500. The van der Waals surface area contributed by atoms with Crippen LogP contribution in [-0.2, 0) is 14.6 Å². The van der Waals surface area contributed by atoms with Gasteiger partial charge in [-0.05, 0) is 25.3 Å². The van der Waals surface area contributed by atoms with E-state index in [-0.39, 0.29) is 12.4 Å². The molecule has 0 amide bonds. The number of thiophene rings is 1. The number of nitrogen functional groups attached to an aromatic ring is 1. The Labute approximate surface area is 105 Å². The standard InChI is InChI=1S/C10H15NO4S2/c1-7(2)17(13,14)6-4-15-10(12)9-8(11)3-5-16-9/h3,5,7H,4,6,11H2,1-2H3. The SMILES string of the molecule is CC(C)S(=O)(=O)CCOC(=O)c1sccc1N. The van der Waals surface area contributed by atoms with Crippen LogP contribution in [0.3, 0.4) is 0 Å². The van der Waals surface area contributed by atoms with Crippen molar-refractivity contribution in [2.45, 2.75) is 19.1 Å². The second-order valence-corrected chi connectivity index (χ2v) is 7.35. The number of hydrogen-bond acceptors (Lipinski definition) is 6. The third-order valence-electron chi connectivity index (χ3n) is 2.20. The average molecular weight is 277 g/mol. The molecule has 0 saturated heterocycles. The van der Waals surface area contributed by atoms with Crippen molar-refractivity contribution in [3.05, 3.63) is 16.3 Å². The summed E-state index contributed by atoms with van der Waals surface area (Å²) in [6, 6.07) is 1.60. The number of anilines is 1. The van der Waals surface area contributed by atoms with E-state index in [9.17, 15) is 13.2 Å². The van der Waals surface area contributed by atoms with E-state index in [2.05, 4.69) is 0 Å². The zero-order valence-corrected chi connectivity index (χ0v) is 11.3. The van der Waals surface area contributed by atoms with Gasteiger partial charge in [-0.1, -0.05) is 0 Å². The van der Waals surface area contributed by atoms with Gasteiger partial charge in [0, 0.05) is 0 Å². The molecule has 0 saturated carbocycles. The molecule has 2 N–H and O–H groups in total. The minimum absolute atomic E-state index is 0.142. The Hall–Kier alpha value is -1.08. The third-order valence-corrected chi connectivity index (χ3v) is 5.28. The molecule has 17 heavy (non-hydrogen) atoms. The fourth-order valence-electron chi connectivity index (χ4n) is 1.04. The van der Waals surface area contributed by atoms with Crippen LogP contribution in [0, 0.1) is 0 Å². The first-order valence-electron chi connectivity index (χ1n) is 5.06. The maximum atomic E-state index is 11.5. The van der Waals surface area contributed by atoms with Crippen LogP contribution in [0.25, 0.3) is 0 Å². The minimum Gasteiger partial charge on any atom is -0.460 e. The monoisotopic (exact) mass is 277 g/mol. The molecule has 0 unspecified atom stereocenters. The van der Waals surface area contributed by atoms with Crippen LogP contribution in [0.5, 0.6) is 0 Å². The maximum absolute atomic E-state index is 11.5. The Bertz CT molecular complexity index is 490. The smallest absolute Gasteiger partial charge is 0.350 e. The minimum atomic E-state index is -3.18. The van der Waals surface area contributed by atoms with Crippen LogP contribution >= 0.6 is 11.3 Å². The normalized spacial score (nSPS) is 11.7. The van der Waals surface area contributed by atoms with Crippen molar-refractivity contribution < 1.29 is 17.9 Å². The Morgan fingerprint density at radius 2 is 2.18 bits per heavy atom. The van der Waals surface area contributed by atoms with Gasteiger partial charge in [-0.25, -0.2) is 13.2 Å². The van der Waals surface area contributed by atoms with E-state index in [1.54, 1.807) is 25.3 Å². The highest BCUT2D eigenvalue weighted by Crippen LogP contribution is 2.19. The second kappa shape index (κ2) is 5.50. The highest BCUT2D eigenvalue weighted by Gasteiger charge is 2.18. The predicted molar refractivity (Wildman–Crippen MR) is 67.9 cm³/mol. The van der Waals surface area contributed by atoms with E-state index >= 15 is 0 Å². The summed E-state index contributed by atoms with van der Waals surface area (Å²) in [6.07, 6.45) is 0. The molecule has 96 valence electrons. The molecule has 5 nitrogen and oxygen atoms in total. The summed E-state index contributed by atoms with van der Waals surface area (Å²) in [5, 5.41) is 1.21. The van der Waals surface area contributed by atoms with Crippen molar-refractivity contribution in [3.8, 4) is 0 Å². The molecule has 0 radical (unpaired) electrons. The molecule has 0 atom stereocenters. The molecule has 1 aromatic heterocycles. The molecule has 1 aromatic rings. The lowest BCUT2D eigenvalue weighted by molar-refractivity contribution is 0.0536. The first-order chi connectivity index (χ1) is 7.84. The molecule has 1 heterocycles. The summed E-state index contributed by atoms with van der Waals surface area (Å²) < 4.78 is 27.8. The van der Waals surface area contributed by atoms with Gasteiger partial charge >= 0.3 is 5.97 Å². The Morgan fingerprint density at radius 1 is 1.53 bits per heavy atom. The summed E-state index contributed by atoms with van der Waals surface area (Å²) in [6.45, 7) is 3.04. The van der Waals surface area contributed by atoms with Gasteiger partial charge in [0.05, 0.1) is 16.7 Å². The number of carbonyl (C=O) groups is 1. The summed E-state index contributed by atoms with van der Waals surface area (Å²) in [7, 11) is -3.18. The molecule has 0 aliphatic rings. The van der Waals surface area contributed by atoms with Crippen molar-refractivity contribution in [2.24, 2.45) is 0 Å². The second-order valence-electron chi connectivity index (χ2n) is 3.76. The van der Waals surface area contributed by atoms with Gasteiger partial charge in [-0.3, -0.25) is 0 Å². The number of ether oxygens (including phenoxy) is 1. The van der Waals surface area contributed by atoms with Crippen molar-refractivity contribution in [3.63, 3.8) is 0 Å². The molecule has 0 aromatic carbocycles. The molecule has 0 aliphatic heterocycles. The van der Waals surface area contributed by atoms with Crippen molar-refractivity contribution in [1.29, 1.82) is 0 Å². The number of nitrogens with two attached hydrogens (primary N) is 1. The average Bonchev–Trinajstić information content (AvgIpc) is 2.63. The van der Waals surface area contributed by atoms with Gasteiger partial charge in [0.15, 0.2) is 9.84 Å². The molecule has 0 aliphatic carbocycles. The van der Waals surface area contributed by atoms with E-state index in [0.717, 1.165) is 0 Å². The first kappa shape index (κ1) is 14.0. The number of carbonyl (C=O) groups excluding carboxylic acids is 1. The highest BCUT2D eigenvalue weighted by molar-refractivity contribution is 7.91. The Kier molecular flexibility index (Phi) is 4.53. The van der Waals surface area contributed by atoms with E-state index in [1.807, 2.05) is 0 Å². The van der Waals surface area contributed by atoms with Crippen LogP contribution in [0.4, 0.5) is 5.69 Å². The summed E-state index contributed by atoms with van der Waals surface area (Å²) in [5.41, 5.74) is 5.89. The number of rotatable bonds is 5. The Morgan fingerprint density at radius 3 is 2.65 bits per heavy atom. The molecule has 0 bridgehead atoms. The molecular formula is C10H15NO4S2. The van der Waals surface area contributed by atoms with E-state index < -0.39 is 21.1 Å². The fourth-order valence-corrected chi connectivity index (χ4v) is 2.53. The quantitative estimate of drug-likeness (QED) is 0.820. The van der Waals surface area contributed by atoms with Gasteiger partial charge in [-0.15, -0.1) is 11.3 Å². The summed E-state index contributed by atoms with van der Waals surface area (Å²) in [5.74, 6) is -0.738. The number of hydrogen-bond donors (Lipinski definition) is 1. The van der Waals surface area contributed by atoms with Crippen LogP contribution in [0.2, 0.25) is 0 Å². The maximum Gasteiger partial charge on any atom is 0.350 e. The zero-order valence-electron chi connectivity index (χ0n) is 9.67. The predicted octanol–water partition coefficient (Wildman–Crippen LogP) is 1.31. The van der Waals surface area contributed by atoms with Crippen LogP contribution < -0.4 is 5.73 Å². The van der Waals surface area contributed by atoms with Crippen LogP contribution in [0.15, 0.2) is 11.4 Å². The van der Waals surface area contributed by atoms with Gasteiger partial charge in [0.1, 0.15) is 11.5 Å². The van der Waals surface area contributed by atoms with Gasteiger partial charge in [0.2, 0.25) is 0 Å². The summed E-state index contributed by atoms with van der Waals surface area (Å²) >= 11 is 1.17. The Balaban J connectivity index is 2.49. The van der Waals surface area contributed by atoms with Gasteiger partial charge in [-0.2, -0.15) is 0 Å². The van der Waals surface area contributed by atoms with Crippen LogP contribution in [-0.4, -0.2) is 32.0 Å².